The van der Waals surface area contributed by atoms with Gasteiger partial charge in [-0.1, -0.05) is 6.07 Å². The van der Waals surface area contributed by atoms with Gasteiger partial charge in [0.2, 0.25) is 5.95 Å². The van der Waals surface area contributed by atoms with E-state index in [-0.39, 0.29) is 5.91 Å². The van der Waals surface area contributed by atoms with E-state index in [1.165, 1.54) is 0 Å². The second kappa shape index (κ2) is 8.70. The lowest BCUT2D eigenvalue weighted by molar-refractivity contribution is 0.0943. The predicted octanol–water partition coefficient (Wildman–Crippen LogP) is 2.00. The van der Waals surface area contributed by atoms with Gasteiger partial charge in [-0.25, -0.2) is 9.97 Å². The molecule has 0 atom stereocenters. The van der Waals surface area contributed by atoms with Crippen LogP contribution in [0.15, 0.2) is 36.5 Å². The van der Waals surface area contributed by atoms with Crippen molar-refractivity contribution in [2.75, 3.05) is 32.7 Å². The molecule has 0 aliphatic rings. The van der Waals surface area contributed by atoms with Crippen LogP contribution < -0.4 is 15.4 Å². The van der Waals surface area contributed by atoms with Crippen molar-refractivity contribution in [2.45, 2.75) is 6.42 Å². The van der Waals surface area contributed by atoms with Gasteiger partial charge in [0, 0.05) is 38.2 Å². The number of anilines is 2. The fourth-order valence-corrected chi connectivity index (χ4v) is 1.88. The SMILES string of the molecule is COCCCNC(=O)c1ccnc(Nc2cccc(OC)c2)n1. The fourth-order valence-electron chi connectivity index (χ4n) is 1.88. The van der Waals surface area contributed by atoms with Crippen molar-refractivity contribution < 1.29 is 14.3 Å². The summed E-state index contributed by atoms with van der Waals surface area (Å²) in [6.07, 6.45) is 2.29. The molecule has 0 saturated carbocycles. The smallest absolute Gasteiger partial charge is 0.270 e. The molecule has 0 bridgehead atoms. The van der Waals surface area contributed by atoms with Crippen molar-refractivity contribution in [2.24, 2.45) is 0 Å². The number of hydrogen-bond donors (Lipinski definition) is 2. The average molecular weight is 316 g/mol. The lowest BCUT2D eigenvalue weighted by Crippen LogP contribution is -2.26. The Bertz CT molecular complexity index is 649. The van der Waals surface area contributed by atoms with Crippen LogP contribution in [-0.4, -0.2) is 43.2 Å². The van der Waals surface area contributed by atoms with Crippen molar-refractivity contribution in [3.63, 3.8) is 0 Å². The molecule has 1 aromatic heterocycles. The van der Waals surface area contributed by atoms with Gasteiger partial charge in [0.15, 0.2) is 0 Å². The number of rotatable bonds is 8. The summed E-state index contributed by atoms with van der Waals surface area (Å²) in [4.78, 5) is 20.4. The lowest BCUT2D eigenvalue weighted by atomic mass is 10.3. The van der Waals surface area contributed by atoms with Crippen molar-refractivity contribution in [1.82, 2.24) is 15.3 Å². The minimum Gasteiger partial charge on any atom is -0.497 e. The Balaban J connectivity index is 2.00. The Kier molecular flexibility index (Phi) is 6.31. The number of nitrogens with one attached hydrogen (secondary N) is 2. The van der Waals surface area contributed by atoms with Gasteiger partial charge in [0.1, 0.15) is 11.4 Å². The summed E-state index contributed by atoms with van der Waals surface area (Å²) >= 11 is 0. The van der Waals surface area contributed by atoms with Crippen LogP contribution in [0.5, 0.6) is 5.75 Å². The van der Waals surface area contributed by atoms with Crippen molar-refractivity contribution in [1.29, 1.82) is 0 Å². The maximum Gasteiger partial charge on any atom is 0.270 e. The van der Waals surface area contributed by atoms with Gasteiger partial charge in [-0.05, 0) is 24.6 Å². The van der Waals surface area contributed by atoms with E-state index in [1.54, 1.807) is 26.5 Å². The highest BCUT2D eigenvalue weighted by Gasteiger charge is 2.08. The van der Waals surface area contributed by atoms with Gasteiger partial charge < -0.3 is 20.1 Å². The molecule has 7 nitrogen and oxygen atoms in total. The number of carbonyl (C=O) groups is 1. The molecule has 122 valence electrons. The molecular weight excluding hydrogens is 296 g/mol. The van der Waals surface area contributed by atoms with Crippen LogP contribution in [0.2, 0.25) is 0 Å². The molecule has 2 rings (SSSR count). The van der Waals surface area contributed by atoms with Crippen LogP contribution in [0.3, 0.4) is 0 Å². The van der Waals surface area contributed by atoms with Crippen LogP contribution in [0.1, 0.15) is 16.9 Å². The number of amides is 1. The van der Waals surface area contributed by atoms with Crippen LogP contribution in [0, 0.1) is 0 Å². The zero-order chi connectivity index (χ0) is 16.5. The third-order valence-electron chi connectivity index (χ3n) is 3.02. The third kappa shape index (κ3) is 5.23. The third-order valence-corrected chi connectivity index (χ3v) is 3.02. The molecule has 1 amide bonds. The summed E-state index contributed by atoms with van der Waals surface area (Å²) in [5, 5.41) is 5.83. The maximum absolute atomic E-state index is 12.0. The second-order valence-corrected chi connectivity index (χ2v) is 4.72. The number of ether oxygens (including phenoxy) is 2. The van der Waals surface area contributed by atoms with E-state index in [9.17, 15) is 4.79 Å². The Labute approximate surface area is 135 Å². The molecule has 0 aliphatic carbocycles. The molecule has 23 heavy (non-hydrogen) atoms. The highest BCUT2D eigenvalue weighted by Crippen LogP contribution is 2.19. The first kappa shape index (κ1) is 16.7. The number of hydrogen-bond acceptors (Lipinski definition) is 6. The summed E-state index contributed by atoms with van der Waals surface area (Å²) in [5.41, 5.74) is 1.09. The highest BCUT2D eigenvalue weighted by atomic mass is 16.5. The Morgan fingerprint density at radius 1 is 1.26 bits per heavy atom. The largest absolute Gasteiger partial charge is 0.497 e. The number of methoxy groups -OCH3 is 2. The van der Waals surface area contributed by atoms with E-state index in [4.69, 9.17) is 9.47 Å². The molecule has 1 aromatic carbocycles. The van der Waals surface area contributed by atoms with Crippen LogP contribution in [0.4, 0.5) is 11.6 Å². The molecule has 0 saturated heterocycles. The molecule has 1 heterocycles. The summed E-state index contributed by atoms with van der Waals surface area (Å²) in [6.45, 7) is 1.14. The highest BCUT2D eigenvalue weighted by molar-refractivity contribution is 5.92. The standard InChI is InChI=1S/C16H20N4O3/c1-22-10-4-8-17-15(21)14-7-9-18-16(20-14)19-12-5-3-6-13(11-12)23-2/h3,5-7,9,11H,4,8,10H2,1-2H3,(H,17,21)(H,18,19,20). The molecule has 0 fully saturated rings. The molecule has 2 aromatic rings. The topological polar surface area (TPSA) is 85.4 Å². The molecule has 0 unspecified atom stereocenters. The zero-order valence-electron chi connectivity index (χ0n) is 13.2. The van der Waals surface area contributed by atoms with Gasteiger partial charge in [-0.15, -0.1) is 0 Å². The number of carbonyl (C=O) groups excluding carboxylic acids is 1. The zero-order valence-corrected chi connectivity index (χ0v) is 13.2. The Morgan fingerprint density at radius 3 is 2.91 bits per heavy atom. The fraction of sp³-hybridized carbons (Fsp3) is 0.312. The first-order valence-electron chi connectivity index (χ1n) is 7.24. The minimum absolute atomic E-state index is 0.239. The Hall–Kier alpha value is -2.67. The van der Waals surface area contributed by atoms with Crippen molar-refractivity contribution >= 4 is 17.5 Å². The van der Waals surface area contributed by atoms with E-state index < -0.39 is 0 Å². The maximum atomic E-state index is 12.0. The van der Waals surface area contributed by atoms with Gasteiger partial charge in [0.25, 0.3) is 5.91 Å². The average Bonchev–Trinajstić information content (AvgIpc) is 2.59. The minimum atomic E-state index is -0.239. The summed E-state index contributed by atoms with van der Waals surface area (Å²) in [7, 11) is 3.23. The molecule has 7 heteroatoms. The van der Waals surface area contributed by atoms with Gasteiger partial charge in [-0.3, -0.25) is 4.79 Å². The monoisotopic (exact) mass is 316 g/mol. The van der Waals surface area contributed by atoms with Gasteiger partial charge >= 0.3 is 0 Å². The van der Waals surface area contributed by atoms with Crippen LogP contribution in [0.25, 0.3) is 0 Å². The summed E-state index contributed by atoms with van der Waals surface area (Å²) in [6, 6.07) is 8.95. The first-order valence-corrected chi connectivity index (χ1v) is 7.24. The van der Waals surface area contributed by atoms with Crippen LogP contribution in [-0.2, 0) is 4.74 Å². The second-order valence-electron chi connectivity index (χ2n) is 4.72. The normalized spacial score (nSPS) is 10.2. The van der Waals surface area contributed by atoms with E-state index in [0.29, 0.717) is 24.8 Å². The van der Waals surface area contributed by atoms with E-state index in [2.05, 4.69) is 20.6 Å². The van der Waals surface area contributed by atoms with Crippen molar-refractivity contribution in [3.05, 3.63) is 42.2 Å². The molecule has 2 N–H and O–H groups in total. The number of aromatic nitrogens is 2. The molecule has 0 aliphatic heterocycles. The Morgan fingerprint density at radius 2 is 2.13 bits per heavy atom. The quantitative estimate of drug-likeness (QED) is 0.725. The number of benzene rings is 1. The molecular formula is C16H20N4O3. The summed E-state index contributed by atoms with van der Waals surface area (Å²) in [5.74, 6) is 0.835. The number of nitrogens with zero attached hydrogens (tertiary/aromatic N) is 2. The van der Waals surface area contributed by atoms with Gasteiger partial charge in [0.05, 0.1) is 7.11 Å². The molecule has 0 spiro atoms. The summed E-state index contributed by atoms with van der Waals surface area (Å²) < 4.78 is 10.1. The van der Waals surface area contributed by atoms with Crippen molar-refractivity contribution in [3.8, 4) is 5.75 Å². The predicted molar refractivity (Wildman–Crippen MR) is 87.1 cm³/mol. The van der Waals surface area contributed by atoms with E-state index >= 15 is 0 Å². The van der Waals surface area contributed by atoms with Crippen LogP contribution >= 0.6 is 0 Å². The molecule has 0 radical (unpaired) electrons. The lowest BCUT2D eigenvalue weighted by Gasteiger charge is -2.08. The van der Waals surface area contributed by atoms with Gasteiger partial charge in [-0.2, -0.15) is 0 Å². The van der Waals surface area contributed by atoms with E-state index in [0.717, 1.165) is 17.9 Å². The first-order chi connectivity index (χ1) is 11.2. The van der Waals surface area contributed by atoms with E-state index in [1.807, 2.05) is 24.3 Å².